The van der Waals surface area contributed by atoms with Crippen molar-refractivity contribution in [2.45, 2.75) is 13.0 Å². The van der Waals surface area contributed by atoms with Crippen LogP contribution < -0.4 is 11.1 Å². The quantitative estimate of drug-likeness (QED) is 0.752. The van der Waals surface area contributed by atoms with Crippen LogP contribution >= 0.6 is 39.7 Å². The summed E-state index contributed by atoms with van der Waals surface area (Å²) in [6.45, 7) is 2.07. The van der Waals surface area contributed by atoms with Gasteiger partial charge in [0.25, 0.3) is 0 Å². The van der Waals surface area contributed by atoms with Crippen molar-refractivity contribution in [2.75, 3.05) is 5.32 Å². The number of hydrogen-bond acceptors (Lipinski definition) is 2. The smallest absolute Gasteiger partial charge is 0.106 e. The van der Waals surface area contributed by atoms with Crippen LogP contribution in [0, 0.1) is 0 Å². The molecule has 20 heavy (non-hydrogen) atoms. The summed E-state index contributed by atoms with van der Waals surface area (Å²) in [5, 5.41) is 4.14. The van der Waals surface area contributed by atoms with E-state index in [0.717, 1.165) is 26.3 Å². The molecule has 2 aromatic rings. The van der Waals surface area contributed by atoms with Crippen LogP contribution in [0.25, 0.3) is 0 Å². The minimum absolute atomic E-state index is 0.1000. The summed E-state index contributed by atoms with van der Waals surface area (Å²) in [5.74, 6) is 0. The Kier molecular flexibility index (Phi) is 5.02. The molecule has 0 radical (unpaired) electrons. The van der Waals surface area contributed by atoms with Crippen molar-refractivity contribution in [3.8, 4) is 0 Å². The zero-order valence-corrected chi connectivity index (χ0v) is 14.0. The van der Waals surface area contributed by atoms with Crippen LogP contribution in [-0.2, 0) is 0 Å². The van der Waals surface area contributed by atoms with Crippen LogP contribution in [0.3, 0.4) is 0 Å². The van der Waals surface area contributed by atoms with Gasteiger partial charge in [-0.15, -0.1) is 0 Å². The van der Waals surface area contributed by atoms with Gasteiger partial charge in [0, 0.05) is 26.8 Å². The molecule has 0 aliphatic heterocycles. The van der Waals surface area contributed by atoms with E-state index in [1.54, 1.807) is 0 Å². The fourth-order valence-corrected chi connectivity index (χ4v) is 2.67. The van der Waals surface area contributed by atoms with Gasteiger partial charge in [0.15, 0.2) is 0 Å². The molecule has 2 nitrogen and oxygen atoms in total. The lowest BCUT2D eigenvalue weighted by molar-refractivity contribution is 0.884. The third-order valence-electron chi connectivity index (χ3n) is 2.97. The van der Waals surface area contributed by atoms with Crippen molar-refractivity contribution in [3.63, 3.8) is 0 Å². The molecule has 104 valence electrons. The van der Waals surface area contributed by atoms with Crippen molar-refractivity contribution in [1.29, 1.82) is 0 Å². The van der Waals surface area contributed by atoms with E-state index in [1.807, 2.05) is 42.5 Å². The summed E-state index contributed by atoms with van der Waals surface area (Å²) in [7, 11) is 0. The number of nitrogens with one attached hydrogen (secondary N) is 1. The summed E-state index contributed by atoms with van der Waals surface area (Å²) in [4.78, 5) is 0.368. The van der Waals surface area contributed by atoms with Gasteiger partial charge in [-0.25, -0.2) is 0 Å². The molecule has 0 fully saturated rings. The molecule has 0 aliphatic carbocycles. The van der Waals surface area contributed by atoms with Gasteiger partial charge >= 0.3 is 0 Å². The monoisotopic (exact) mass is 368 g/mol. The lowest BCUT2D eigenvalue weighted by Gasteiger charge is -2.18. The van der Waals surface area contributed by atoms with Gasteiger partial charge in [-0.05, 0) is 42.8 Å². The number of benzene rings is 2. The maximum atomic E-state index is 6.02. The molecule has 2 rings (SSSR count). The van der Waals surface area contributed by atoms with Crippen LogP contribution in [0.15, 0.2) is 46.9 Å². The molecule has 2 aromatic carbocycles. The van der Waals surface area contributed by atoms with Crippen LogP contribution in [0.5, 0.6) is 0 Å². The molecule has 0 aliphatic rings. The maximum absolute atomic E-state index is 6.02. The normalized spacial score (nSPS) is 11.9. The Bertz CT molecular complexity index is 646. The van der Waals surface area contributed by atoms with Gasteiger partial charge < -0.3 is 11.1 Å². The largest absolute Gasteiger partial charge is 0.389 e. The zero-order chi connectivity index (χ0) is 14.7. The molecule has 5 heteroatoms. The summed E-state index contributed by atoms with van der Waals surface area (Å²) in [6, 6.07) is 13.7. The summed E-state index contributed by atoms with van der Waals surface area (Å²) < 4.78 is 0.946. The second-order valence-corrected chi connectivity index (χ2v) is 6.27. The van der Waals surface area contributed by atoms with Crippen molar-refractivity contribution in [2.24, 2.45) is 5.73 Å². The zero-order valence-electron chi connectivity index (χ0n) is 10.9. The highest BCUT2D eigenvalue weighted by Crippen LogP contribution is 2.26. The first-order valence-corrected chi connectivity index (χ1v) is 7.66. The highest BCUT2D eigenvalue weighted by atomic mass is 79.9. The number of rotatable bonds is 4. The van der Waals surface area contributed by atoms with Crippen molar-refractivity contribution in [1.82, 2.24) is 0 Å². The molecule has 0 amide bonds. The molecular formula is C15H14BrClN2S. The highest BCUT2D eigenvalue weighted by Gasteiger charge is 2.10. The first kappa shape index (κ1) is 15.3. The topological polar surface area (TPSA) is 38.0 Å². The Labute approximate surface area is 137 Å². The second kappa shape index (κ2) is 6.57. The van der Waals surface area contributed by atoms with Gasteiger partial charge in [-0.2, -0.15) is 0 Å². The SMILES string of the molecule is CC(Nc1ccc(Br)cc1C(N)=S)c1cccc(Cl)c1. The van der Waals surface area contributed by atoms with Gasteiger partial charge in [-0.3, -0.25) is 0 Å². The standard InChI is InChI=1S/C15H14BrClN2S/c1-9(10-3-2-4-12(17)7-10)19-14-6-5-11(16)8-13(14)15(18)20/h2-9,19H,1H3,(H2,18,20). The lowest BCUT2D eigenvalue weighted by Crippen LogP contribution is -2.15. The Morgan fingerprint density at radius 2 is 2.05 bits per heavy atom. The number of anilines is 1. The number of thiocarbonyl (C=S) groups is 1. The molecule has 0 aromatic heterocycles. The summed E-state index contributed by atoms with van der Waals surface area (Å²) in [5.41, 5.74) is 8.61. The third-order valence-corrected chi connectivity index (χ3v) is 3.92. The third kappa shape index (κ3) is 3.72. The predicted octanol–water partition coefficient (Wildman–Crippen LogP) is 4.91. The average Bonchev–Trinajstić information content (AvgIpc) is 2.40. The molecule has 0 heterocycles. The van der Waals surface area contributed by atoms with Crippen LogP contribution in [0.1, 0.15) is 24.1 Å². The van der Waals surface area contributed by atoms with Gasteiger partial charge in [0.05, 0.1) is 0 Å². The predicted molar refractivity (Wildman–Crippen MR) is 93.5 cm³/mol. The highest BCUT2D eigenvalue weighted by molar-refractivity contribution is 9.10. The number of nitrogens with two attached hydrogens (primary N) is 1. The molecule has 0 spiro atoms. The maximum Gasteiger partial charge on any atom is 0.106 e. The first-order chi connectivity index (χ1) is 9.47. The molecule has 0 saturated carbocycles. The summed E-state index contributed by atoms with van der Waals surface area (Å²) in [6.07, 6.45) is 0. The Balaban J connectivity index is 2.28. The van der Waals surface area contributed by atoms with E-state index < -0.39 is 0 Å². The molecule has 3 N–H and O–H groups in total. The van der Waals surface area contributed by atoms with E-state index >= 15 is 0 Å². The Morgan fingerprint density at radius 3 is 2.70 bits per heavy atom. The van der Waals surface area contributed by atoms with Crippen LogP contribution in [0.2, 0.25) is 5.02 Å². The van der Waals surface area contributed by atoms with Gasteiger partial charge in [-0.1, -0.05) is 51.9 Å². The molecule has 0 saturated heterocycles. The minimum Gasteiger partial charge on any atom is -0.389 e. The van der Waals surface area contributed by atoms with Crippen LogP contribution in [0.4, 0.5) is 5.69 Å². The van der Waals surface area contributed by atoms with Gasteiger partial charge in [0.2, 0.25) is 0 Å². The van der Waals surface area contributed by atoms with Gasteiger partial charge in [0.1, 0.15) is 4.99 Å². The number of halogens is 2. The molecule has 1 unspecified atom stereocenters. The van der Waals surface area contributed by atoms with Crippen molar-refractivity contribution in [3.05, 3.63) is 63.1 Å². The molecule has 1 atom stereocenters. The van der Waals surface area contributed by atoms with Crippen LogP contribution in [-0.4, -0.2) is 4.99 Å². The fraction of sp³-hybridized carbons (Fsp3) is 0.133. The van der Waals surface area contributed by atoms with E-state index in [4.69, 9.17) is 29.6 Å². The second-order valence-electron chi connectivity index (χ2n) is 4.48. The lowest BCUT2D eigenvalue weighted by atomic mass is 10.1. The van der Waals surface area contributed by atoms with Crippen molar-refractivity contribution >= 4 is 50.4 Å². The van der Waals surface area contributed by atoms with E-state index in [1.165, 1.54) is 0 Å². The molecular weight excluding hydrogens is 356 g/mol. The Morgan fingerprint density at radius 1 is 1.30 bits per heavy atom. The first-order valence-electron chi connectivity index (χ1n) is 6.08. The Hall–Kier alpha value is -1.10. The van der Waals surface area contributed by atoms with E-state index in [-0.39, 0.29) is 6.04 Å². The average molecular weight is 370 g/mol. The van der Waals surface area contributed by atoms with Crippen molar-refractivity contribution < 1.29 is 0 Å². The number of hydrogen-bond donors (Lipinski definition) is 2. The minimum atomic E-state index is 0.1000. The fourth-order valence-electron chi connectivity index (χ4n) is 1.94. The van der Waals surface area contributed by atoms with E-state index in [9.17, 15) is 0 Å². The summed E-state index contributed by atoms with van der Waals surface area (Å²) >= 11 is 14.5. The van der Waals surface area contributed by atoms with E-state index in [0.29, 0.717) is 4.99 Å². The van der Waals surface area contributed by atoms with E-state index in [2.05, 4.69) is 28.2 Å². The molecule has 0 bridgehead atoms.